The van der Waals surface area contributed by atoms with Crippen LogP contribution in [-0.4, -0.2) is 10.2 Å². The largest absolute Gasteiger partial charge is 0.508 e. The van der Waals surface area contributed by atoms with Crippen molar-refractivity contribution in [2.75, 3.05) is 0 Å². The molecule has 2 N–H and O–H groups in total. The van der Waals surface area contributed by atoms with Gasteiger partial charge < -0.3 is 10.2 Å². The minimum atomic E-state index is -1.27. The second kappa shape index (κ2) is 3.00. The molecule has 0 fully saturated rings. The Morgan fingerprint density at radius 2 is 1.85 bits per heavy atom. The Hall–Kier alpha value is -1.09. The van der Waals surface area contributed by atoms with Gasteiger partial charge in [0, 0.05) is 5.56 Å². The van der Waals surface area contributed by atoms with Crippen LogP contribution in [-0.2, 0) is 5.60 Å². The van der Waals surface area contributed by atoms with Crippen molar-refractivity contribution >= 4 is 0 Å². The van der Waals surface area contributed by atoms with Crippen molar-refractivity contribution in [2.24, 2.45) is 0 Å². The number of phenolic OH excluding ortho intramolecular Hbond substituents is 1. The third-order valence-electron chi connectivity index (χ3n) is 1.90. The Bertz CT molecular complexity index is 326. The van der Waals surface area contributed by atoms with Gasteiger partial charge in [0.1, 0.15) is 11.6 Å². The molecule has 0 bridgehead atoms. The molecule has 0 spiro atoms. The quantitative estimate of drug-likeness (QED) is 0.701. The highest BCUT2D eigenvalue weighted by molar-refractivity contribution is 5.37. The molecule has 0 saturated carbocycles. The van der Waals surface area contributed by atoms with Gasteiger partial charge in [0.15, 0.2) is 0 Å². The molecule has 2 nitrogen and oxygen atoms in total. The first kappa shape index (κ1) is 9.99. The molecule has 0 radical (unpaired) electrons. The molecule has 0 aliphatic heterocycles. The van der Waals surface area contributed by atoms with E-state index in [2.05, 4.69) is 0 Å². The average molecular weight is 184 g/mol. The molecule has 0 aromatic heterocycles. The zero-order chi connectivity index (χ0) is 10.2. The third-order valence-corrected chi connectivity index (χ3v) is 1.90. The molecule has 0 unspecified atom stereocenters. The molecule has 3 heteroatoms. The number of aromatic hydroxyl groups is 1. The monoisotopic (exact) mass is 184 g/mol. The van der Waals surface area contributed by atoms with Crippen molar-refractivity contribution < 1.29 is 14.6 Å². The van der Waals surface area contributed by atoms with Gasteiger partial charge in [0.25, 0.3) is 0 Å². The molecule has 13 heavy (non-hydrogen) atoms. The van der Waals surface area contributed by atoms with E-state index < -0.39 is 11.4 Å². The van der Waals surface area contributed by atoms with E-state index in [1.54, 1.807) is 6.92 Å². The fourth-order valence-corrected chi connectivity index (χ4v) is 1.20. The summed E-state index contributed by atoms with van der Waals surface area (Å²) in [4.78, 5) is 0. The molecule has 0 heterocycles. The van der Waals surface area contributed by atoms with Gasteiger partial charge in [-0.25, -0.2) is 4.39 Å². The first-order chi connectivity index (χ1) is 5.82. The summed E-state index contributed by atoms with van der Waals surface area (Å²) < 4.78 is 13.4. The van der Waals surface area contributed by atoms with E-state index in [4.69, 9.17) is 0 Å². The Kier molecular flexibility index (Phi) is 2.30. The maximum Gasteiger partial charge on any atom is 0.132 e. The van der Waals surface area contributed by atoms with E-state index in [9.17, 15) is 14.6 Å². The molecule has 1 rings (SSSR count). The van der Waals surface area contributed by atoms with Gasteiger partial charge in [-0.15, -0.1) is 0 Å². The van der Waals surface area contributed by atoms with Crippen molar-refractivity contribution in [1.29, 1.82) is 0 Å². The van der Waals surface area contributed by atoms with Crippen LogP contribution >= 0.6 is 0 Å². The Morgan fingerprint density at radius 1 is 1.31 bits per heavy atom. The van der Waals surface area contributed by atoms with Gasteiger partial charge in [-0.3, -0.25) is 0 Å². The molecular weight excluding hydrogens is 171 g/mol. The number of halogens is 1. The predicted octanol–water partition coefficient (Wildman–Crippen LogP) is 2.07. The van der Waals surface area contributed by atoms with E-state index in [1.165, 1.54) is 26.0 Å². The lowest BCUT2D eigenvalue weighted by Crippen LogP contribution is -2.18. The predicted molar refractivity (Wildman–Crippen MR) is 48.0 cm³/mol. The number of hydrogen-bond donors (Lipinski definition) is 2. The lowest BCUT2D eigenvalue weighted by atomic mass is 9.95. The fourth-order valence-electron chi connectivity index (χ4n) is 1.20. The number of hydrogen-bond acceptors (Lipinski definition) is 2. The molecule has 1 aromatic carbocycles. The van der Waals surface area contributed by atoms with Crippen LogP contribution in [0.15, 0.2) is 12.1 Å². The second-order valence-electron chi connectivity index (χ2n) is 3.68. The normalized spacial score (nSPS) is 11.8. The van der Waals surface area contributed by atoms with Crippen molar-refractivity contribution in [1.82, 2.24) is 0 Å². The highest BCUT2D eigenvalue weighted by Gasteiger charge is 2.22. The molecule has 0 aliphatic rings. The average Bonchev–Trinajstić information content (AvgIpc) is 1.94. The molecule has 72 valence electrons. The van der Waals surface area contributed by atoms with E-state index in [0.717, 1.165) is 0 Å². The molecular formula is C10H13FO2. The summed E-state index contributed by atoms with van der Waals surface area (Å²) in [5.74, 6) is -0.499. The van der Waals surface area contributed by atoms with Crippen LogP contribution in [0.4, 0.5) is 4.39 Å². The lowest BCUT2D eigenvalue weighted by molar-refractivity contribution is 0.0741. The minimum absolute atomic E-state index is 0.0315. The molecule has 0 amide bonds. The van der Waals surface area contributed by atoms with Crippen molar-refractivity contribution in [3.63, 3.8) is 0 Å². The van der Waals surface area contributed by atoms with Gasteiger partial charge in [0.2, 0.25) is 0 Å². The summed E-state index contributed by atoms with van der Waals surface area (Å²) >= 11 is 0. The molecule has 0 atom stereocenters. The van der Waals surface area contributed by atoms with Crippen LogP contribution in [0.3, 0.4) is 0 Å². The van der Waals surface area contributed by atoms with Crippen LogP contribution in [0.25, 0.3) is 0 Å². The fraction of sp³-hybridized carbons (Fsp3) is 0.400. The first-order valence-electron chi connectivity index (χ1n) is 4.04. The van der Waals surface area contributed by atoms with E-state index in [1.807, 2.05) is 0 Å². The Morgan fingerprint density at radius 3 is 2.31 bits per heavy atom. The van der Waals surface area contributed by atoms with Crippen molar-refractivity contribution in [3.05, 3.63) is 29.1 Å². The molecule has 0 aliphatic carbocycles. The van der Waals surface area contributed by atoms with Gasteiger partial charge in [-0.1, -0.05) is 0 Å². The van der Waals surface area contributed by atoms with Crippen LogP contribution in [0.2, 0.25) is 0 Å². The van der Waals surface area contributed by atoms with E-state index in [-0.39, 0.29) is 11.3 Å². The zero-order valence-electron chi connectivity index (χ0n) is 7.93. The Labute approximate surface area is 76.6 Å². The summed E-state index contributed by atoms with van der Waals surface area (Å²) in [5, 5.41) is 18.8. The van der Waals surface area contributed by atoms with Gasteiger partial charge >= 0.3 is 0 Å². The van der Waals surface area contributed by atoms with Gasteiger partial charge in [-0.2, -0.15) is 0 Å². The highest BCUT2D eigenvalue weighted by atomic mass is 19.1. The summed E-state index contributed by atoms with van der Waals surface area (Å²) in [5.41, 5.74) is -0.824. The maximum absolute atomic E-state index is 13.4. The highest BCUT2D eigenvalue weighted by Crippen LogP contribution is 2.28. The SMILES string of the molecule is Cc1cc(O)cc(C(C)(C)O)c1F. The number of benzene rings is 1. The van der Waals surface area contributed by atoms with Gasteiger partial charge in [-0.05, 0) is 38.5 Å². The van der Waals surface area contributed by atoms with Crippen LogP contribution < -0.4 is 0 Å². The summed E-state index contributed by atoms with van der Waals surface area (Å²) in [6.07, 6.45) is 0. The number of aryl methyl sites for hydroxylation is 1. The summed E-state index contributed by atoms with van der Waals surface area (Å²) in [6, 6.07) is 2.56. The summed E-state index contributed by atoms with van der Waals surface area (Å²) in [7, 11) is 0. The van der Waals surface area contributed by atoms with Crippen LogP contribution in [0.5, 0.6) is 5.75 Å². The van der Waals surface area contributed by atoms with Gasteiger partial charge in [0.05, 0.1) is 5.60 Å². The molecule has 1 aromatic rings. The topological polar surface area (TPSA) is 40.5 Å². The number of phenols is 1. The zero-order valence-corrected chi connectivity index (χ0v) is 7.93. The lowest BCUT2D eigenvalue weighted by Gasteiger charge is -2.19. The second-order valence-corrected chi connectivity index (χ2v) is 3.68. The van der Waals surface area contributed by atoms with Crippen LogP contribution in [0.1, 0.15) is 25.0 Å². The maximum atomic E-state index is 13.4. The van der Waals surface area contributed by atoms with Crippen LogP contribution in [0, 0.1) is 12.7 Å². The standard InChI is InChI=1S/C10H13FO2/c1-6-4-7(12)5-8(9(6)11)10(2,3)13/h4-5,12-13H,1-3H3. The van der Waals surface area contributed by atoms with Crippen molar-refractivity contribution in [2.45, 2.75) is 26.4 Å². The summed E-state index contributed by atoms with van der Waals surface area (Å²) in [6.45, 7) is 4.50. The minimum Gasteiger partial charge on any atom is -0.508 e. The van der Waals surface area contributed by atoms with E-state index >= 15 is 0 Å². The third kappa shape index (κ3) is 1.98. The first-order valence-corrected chi connectivity index (χ1v) is 4.04. The van der Waals surface area contributed by atoms with Crippen molar-refractivity contribution in [3.8, 4) is 5.75 Å². The smallest absolute Gasteiger partial charge is 0.132 e. The number of aliphatic hydroxyl groups is 1. The molecule has 0 saturated heterocycles. The van der Waals surface area contributed by atoms with E-state index in [0.29, 0.717) is 5.56 Å². The number of rotatable bonds is 1. The Balaban J connectivity index is 3.37.